The smallest absolute Gasteiger partial charge is 0.408 e. The first-order chi connectivity index (χ1) is 11.2. The molecule has 0 fully saturated rings. The van der Waals surface area contributed by atoms with Gasteiger partial charge in [0, 0.05) is 0 Å². The quantitative estimate of drug-likeness (QED) is 0.803. The van der Waals surface area contributed by atoms with Crippen molar-refractivity contribution in [3.8, 4) is 5.75 Å². The third-order valence-electron chi connectivity index (χ3n) is 2.95. The molecule has 0 radical (unpaired) electrons. The van der Waals surface area contributed by atoms with Crippen LogP contribution in [-0.4, -0.2) is 31.4 Å². The van der Waals surface area contributed by atoms with Crippen molar-refractivity contribution < 1.29 is 28.2 Å². The second-order valence-electron chi connectivity index (χ2n) is 6.10. The van der Waals surface area contributed by atoms with Crippen LogP contribution in [0.2, 0.25) is 0 Å². The molecule has 0 aliphatic carbocycles. The van der Waals surface area contributed by atoms with Crippen LogP contribution in [0, 0.1) is 5.82 Å². The molecule has 7 heteroatoms. The molecule has 0 saturated carbocycles. The van der Waals surface area contributed by atoms with Crippen LogP contribution in [0.3, 0.4) is 0 Å². The Balaban J connectivity index is 2.98. The lowest BCUT2D eigenvalue weighted by molar-refractivity contribution is -0.143. The number of rotatable bonds is 6. The third kappa shape index (κ3) is 6.44. The highest BCUT2D eigenvalue weighted by Gasteiger charge is 2.24. The van der Waals surface area contributed by atoms with Gasteiger partial charge in [0.15, 0.2) is 11.6 Å². The minimum atomic E-state index is -0.778. The van der Waals surface area contributed by atoms with Crippen molar-refractivity contribution in [1.82, 2.24) is 5.32 Å². The fourth-order valence-corrected chi connectivity index (χ4v) is 1.99. The van der Waals surface area contributed by atoms with E-state index in [1.165, 1.54) is 19.2 Å². The van der Waals surface area contributed by atoms with Crippen molar-refractivity contribution in [3.63, 3.8) is 0 Å². The number of hydrogen-bond donors (Lipinski definition) is 1. The first-order valence-electron chi connectivity index (χ1n) is 7.64. The van der Waals surface area contributed by atoms with Crippen LogP contribution in [0.25, 0.3) is 0 Å². The third-order valence-corrected chi connectivity index (χ3v) is 2.95. The summed E-state index contributed by atoms with van der Waals surface area (Å²) in [5.41, 5.74) is -0.281. The van der Waals surface area contributed by atoms with Crippen LogP contribution in [0.15, 0.2) is 18.2 Å². The number of ether oxygens (including phenoxy) is 3. The molecule has 0 bridgehead atoms. The minimum Gasteiger partial charge on any atom is -0.494 e. The molecule has 0 saturated heterocycles. The highest BCUT2D eigenvalue weighted by Crippen LogP contribution is 2.24. The Morgan fingerprint density at radius 2 is 1.96 bits per heavy atom. The van der Waals surface area contributed by atoms with E-state index in [4.69, 9.17) is 14.2 Å². The largest absolute Gasteiger partial charge is 0.494 e. The van der Waals surface area contributed by atoms with Gasteiger partial charge in [-0.3, -0.25) is 4.79 Å². The Kier molecular flexibility index (Phi) is 7.00. The van der Waals surface area contributed by atoms with Crippen molar-refractivity contribution in [2.24, 2.45) is 0 Å². The number of halogens is 1. The monoisotopic (exact) mass is 341 g/mol. The number of carbonyl (C=O) groups excluding carboxylic acids is 2. The maximum atomic E-state index is 13.9. The van der Waals surface area contributed by atoms with E-state index in [1.54, 1.807) is 33.8 Å². The van der Waals surface area contributed by atoms with Crippen LogP contribution in [0.1, 0.15) is 45.7 Å². The van der Waals surface area contributed by atoms with Crippen molar-refractivity contribution in [2.45, 2.75) is 45.8 Å². The average Bonchev–Trinajstić information content (AvgIpc) is 2.44. The maximum absolute atomic E-state index is 13.9. The van der Waals surface area contributed by atoms with Gasteiger partial charge in [-0.25, -0.2) is 9.18 Å². The maximum Gasteiger partial charge on any atom is 0.408 e. The number of carbonyl (C=O) groups is 2. The lowest BCUT2D eigenvalue weighted by Crippen LogP contribution is -2.36. The van der Waals surface area contributed by atoms with Gasteiger partial charge in [0.2, 0.25) is 0 Å². The summed E-state index contributed by atoms with van der Waals surface area (Å²) >= 11 is 0. The molecule has 0 aliphatic heterocycles. The first-order valence-corrected chi connectivity index (χ1v) is 7.64. The van der Waals surface area contributed by atoms with Crippen LogP contribution in [0.4, 0.5) is 9.18 Å². The van der Waals surface area contributed by atoms with Gasteiger partial charge in [0.1, 0.15) is 5.60 Å². The fraction of sp³-hybridized carbons (Fsp3) is 0.529. The van der Waals surface area contributed by atoms with E-state index in [-0.39, 0.29) is 18.8 Å². The Morgan fingerprint density at radius 1 is 1.29 bits per heavy atom. The fourth-order valence-electron chi connectivity index (χ4n) is 1.99. The molecule has 0 unspecified atom stereocenters. The zero-order valence-corrected chi connectivity index (χ0v) is 14.6. The predicted molar refractivity (Wildman–Crippen MR) is 86.3 cm³/mol. The second-order valence-corrected chi connectivity index (χ2v) is 6.10. The molecule has 0 spiro atoms. The number of hydrogen-bond acceptors (Lipinski definition) is 5. The zero-order chi connectivity index (χ0) is 18.3. The normalized spacial score (nSPS) is 12.2. The van der Waals surface area contributed by atoms with E-state index in [1.807, 2.05) is 0 Å². The van der Waals surface area contributed by atoms with E-state index in [2.05, 4.69) is 5.32 Å². The van der Waals surface area contributed by atoms with Gasteiger partial charge < -0.3 is 19.5 Å². The lowest BCUT2D eigenvalue weighted by atomic mass is 10.0. The van der Waals surface area contributed by atoms with Crippen molar-refractivity contribution in [3.05, 3.63) is 29.6 Å². The number of methoxy groups -OCH3 is 1. The first kappa shape index (κ1) is 19.7. The molecule has 1 aromatic carbocycles. The van der Waals surface area contributed by atoms with Crippen LogP contribution < -0.4 is 10.1 Å². The van der Waals surface area contributed by atoms with E-state index >= 15 is 0 Å². The van der Waals surface area contributed by atoms with E-state index in [9.17, 15) is 14.0 Å². The molecule has 1 N–H and O–H groups in total. The van der Waals surface area contributed by atoms with Gasteiger partial charge in [-0.1, -0.05) is 6.07 Å². The van der Waals surface area contributed by atoms with Gasteiger partial charge >= 0.3 is 12.1 Å². The van der Waals surface area contributed by atoms with E-state index < -0.39 is 29.5 Å². The molecule has 1 rings (SSSR count). The summed E-state index contributed by atoms with van der Waals surface area (Å²) in [6.07, 6.45) is -0.841. The lowest BCUT2D eigenvalue weighted by Gasteiger charge is -2.23. The molecule has 1 amide bonds. The summed E-state index contributed by atoms with van der Waals surface area (Å²) in [7, 11) is 1.35. The summed E-state index contributed by atoms with van der Waals surface area (Å²) in [4.78, 5) is 23.8. The van der Waals surface area contributed by atoms with Crippen LogP contribution in [0.5, 0.6) is 5.75 Å². The Morgan fingerprint density at radius 3 is 2.46 bits per heavy atom. The summed E-state index contributed by atoms with van der Waals surface area (Å²) < 4.78 is 28.9. The molecule has 0 aromatic heterocycles. The molecule has 0 heterocycles. The number of amides is 1. The Labute approximate surface area is 141 Å². The molecular formula is C17H24FNO5. The van der Waals surface area contributed by atoms with Crippen LogP contribution >= 0.6 is 0 Å². The van der Waals surface area contributed by atoms with Gasteiger partial charge in [-0.15, -0.1) is 0 Å². The summed E-state index contributed by atoms with van der Waals surface area (Å²) in [5, 5.41) is 2.57. The Hall–Kier alpha value is -2.31. The highest BCUT2D eigenvalue weighted by atomic mass is 19.1. The topological polar surface area (TPSA) is 73.9 Å². The number of benzene rings is 1. The van der Waals surface area contributed by atoms with E-state index in [0.717, 1.165) is 0 Å². The van der Waals surface area contributed by atoms with E-state index in [0.29, 0.717) is 5.56 Å². The Bertz CT molecular complexity index is 583. The molecule has 134 valence electrons. The summed E-state index contributed by atoms with van der Waals surface area (Å²) in [6.45, 7) is 7.07. The van der Waals surface area contributed by atoms with Crippen molar-refractivity contribution in [1.29, 1.82) is 0 Å². The average molecular weight is 341 g/mol. The standard InChI is InChI=1S/C17H24FNO5/c1-6-23-15(20)10-13(19-16(21)24-17(2,3)4)11-7-8-14(22-5)12(18)9-11/h7-9,13H,6,10H2,1-5H3,(H,19,21)/t13-/m0/s1. The zero-order valence-electron chi connectivity index (χ0n) is 14.6. The van der Waals surface area contributed by atoms with Gasteiger partial charge in [-0.05, 0) is 45.4 Å². The van der Waals surface area contributed by atoms with Crippen molar-refractivity contribution >= 4 is 12.1 Å². The molecule has 24 heavy (non-hydrogen) atoms. The van der Waals surface area contributed by atoms with Gasteiger partial charge in [0.05, 0.1) is 26.2 Å². The number of esters is 1. The number of alkyl carbamates (subject to hydrolysis) is 1. The molecule has 1 aromatic rings. The SMILES string of the molecule is CCOC(=O)C[C@H](NC(=O)OC(C)(C)C)c1ccc(OC)c(F)c1. The molecule has 6 nitrogen and oxygen atoms in total. The van der Waals surface area contributed by atoms with Gasteiger partial charge in [0.25, 0.3) is 0 Å². The summed E-state index contributed by atoms with van der Waals surface area (Å²) in [6, 6.07) is 3.43. The molecule has 1 atom stereocenters. The van der Waals surface area contributed by atoms with Crippen LogP contribution in [-0.2, 0) is 14.3 Å². The predicted octanol–water partition coefficient (Wildman–Crippen LogP) is 3.35. The minimum absolute atomic E-state index is 0.0749. The molecule has 0 aliphatic rings. The molecular weight excluding hydrogens is 317 g/mol. The summed E-state index contributed by atoms with van der Waals surface area (Å²) in [5.74, 6) is -1.02. The second kappa shape index (κ2) is 8.52. The van der Waals surface area contributed by atoms with Crippen molar-refractivity contribution in [2.75, 3.05) is 13.7 Å². The van der Waals surface area contributed by atoms with Gasteiger partial charge in [-0.2, -0.15) is 0 Å². The highest BCUT2D eigenvalue weighted by molar-refractivity contribution is 5.73. The number of nitrogens with one attached hydrogen (secondary N) is 1.